The number of benzene rings is 2. The molecule has 6 heteroatoms. The summed E-state index contributed by atoms with van der Waals surface area (Å²) in [6, 6.07) is 16.7. The normalized spacial score (nSPS) is 10.8. The molecule has 2 aromatic heterocycles. The molecule has 0 saturated heterocycles. The van der Waals surface area contributed by atoms with Crippen LogP contribution in [0.1, 0.15) is 10.4 Å². The number of aromatic nitrogens is 3. The first-order valence-corrected chi connectivity index (χ1v) is 8.45. The van der Waals surface area contributed by atoms with E-state index in [1.807, 2.05) is 59.3 Å². The van der Waals surface area contributed by atoms with E-state index in [-0.39, 0.29) is 5.91 Å². The first kappa shape index (κ1) is 15.5. The van der Waals surface area contributed by atoms with Crippen molar-refractivity contribution in [1.29, 1.82) is 0 Å². The highest BCUT2D eigenvalue weighted by atomic mass is 79.9. The molecule has 1 amide bonds. The molecule has 0 aliphatic heterocycles. The van der Waals surface area contributed by atoms with Gasteiger partial charge in [-0.2, -0.15) is 0 Å². The number of carbonyl (C=O) groups excluding carboxylic acids is 1. The minimum absolute atomic E-state index is 0.157. The van der Waals surface area contributed by atoms with E-state index < -0.39 is 0 Å². The van der Waals surface area contributed by atoms with Crippen LogP contribution < -0.4 is 5.32 Å². The van der Waals surface area contributed by atoms with Gasteiger partial charge in [0.2, 0.25) is 5.78 Å². The van der Waals surface area contributed by atoms with E-state index in [1.165, 1.54) is 0 Å². The Balaban J connectivity index is 1.62. The van der Waals surface area contributed by atoms with Gasteiger partial charge in [-0.25, -0.2) is 9.97 Å². The average Bonchev–Trinajstić information content (AvgIpc) is 3.06. The highest BCUT2D eigenvalue weighted by Crippen LogP contribution is 2.22. The third-order valence-electron chi connectivity index (χ3n) is 3.74. The Hall–Kier alpha value is -2.99. The van der Waals surface area contributed by atoms with Crippen molar-refractivity contribution in [3.8, 4) is 11.3 Å². The lowest BCUT2D eigenvalue weighted by Crippen LogP contribution is -2.11. The Morgan fingerprint density at radius 2 is 1.96 bits per heavy atom. The fraction of sp³-hybridized carbons (Fsp3) is 0. The van der Waals surface area contributed by atoms with Crippen molar-refractivity contribution >= 4 is 33.3 Å². The second-order valence-corrected chi connectivity index (χ2v) is 6.41. The van der Waals surface area contributed by atoms with E-state index in [9.17, 15) is 4.79 Å². The number of anilines is 1. The number of fused-ring (bicyclic) bond motifs is 1. The van der Waals surface area contributed by atoms with Crippen molar-refractivity contribution < 1.29 is 4.79 Å². The Labute approximate surface area is 152 Å². The first-order chi connectivity index (χ1) is 12.2. The number of hydrogen-bond donors (Lipinski definition) is 1. The molecular formula is C19H13BrN4O. The highest BCUT2D eigenvalue weighted by molar-refractivity contribution is 9.10. The molecule has 0 bridgehead atoms. The number of halogens is 1. The molecule has 0 saturated carbocycles. The SMILES string of the molecule is O=C(Nc1cccc(-c2cn3cccnc3n2)c1)c1cccc(Br)c1. The zero-order valence-electron chi connectivity index (χ0n) is 13.1. The lowest BCUT2D eigenvalue weighted by atomic mass is 10.1. The van der Waals surface area contributed by atoms with Crippen LogP contribution >= 0.6 is 15.9 Å². The molecule has 0 radical (unpaired) electrons. The molecule has 0 unspecified atom stereocenters. The first-order valence-electron chi connectivity index (χ1n) is 7.66. The van der Waals surface area contributed by atoms with Gasteiger partial charge in [0, 0.05) is 39.9 Å². The van der Waals surface area contributed by atoms with Gasteiger partial charge in [0.25, 0.3) is 5.91 Å². The van der Waals surface area contributed by atoms with Gasteiger partial charge >= 0.3 is 0 Å². The summed E-state index contributed by atoms with van der Waals surface area (Å²) < 4.78 is 2.73. The second kappa shape index (κ2) is 6.49. The molecule has 122 valence electrons. The summed E-state index contributed by atoms with van der Waals surface area (Å²) in [6.45, 7) is 0. The average molecular weight is 393 g/mol. The van der Waals surface area contributed by atoms with Crippen LogP contribution in [0.5, 0.6) is 0 Å². The maximum atomic E-state index is 12.4. The van der Waals surface area contributed by atoms with Crippen molar-refractivity contribution in [3.05, 3.63) is 83.2 Å². The molecule has 0 spiro atoms. The van der Waals surface area contributed by atoms with Gasteiger partial charge in [-0.15, -0.1) is 0 Å². The van der Waals surface area contributed by atoms with Gasteiger partial charge in [0.05, 0.1) is 5.69 Å². The molecule has 0 atom stereocenters. The molecule has 25 heavy (non-hydrogen) atoms. The monoisotopic (exact) mass is 392 g/mol. The molecule has 0 aliphatic carbocycles. The maximum absolute atomic E-state index is 12.4. The maximum Gasteiger partial charge on any atom is 0.255 e. The number of hydrogen-bond acceptors (Lipinski definition) is 3. The van der Waals surface area contributed by atoms with Gasteiger partial charge in [-0.1, -0.05) is 34.1 Å². The number of nitrogens with one attached hydrogen (secondary N) is 1. The lowest BCUT2D eigenvalue weighted by Gasteiger charge is -2.07. The molecule has 2 heterocycles. The van der Waals surface area contributed by atoms with Crippen LogP contribution in [0.25, 0.3) is 17.0 Å². The van der Waals surface area contributed by atoms with E-state index in [0.717, 1.165) is 15.7 Å². The van der Waals surface area contributed by atoms with Crippen molar-refractivity contribution in [1.82, 2.24) is 14.4 Å². The third kappa shape index (κ3) is 3.29. The molecule has 0 fully saturated rings. The van der Waals surface area contributed by atoms with Gasteiger partial charge in [0.15, 0.2) is 0 Å². The molecule has 2 aromatic carbocycles. The second-order valence-electron chi connectivity index (χ2n) is 5.50. The number of rotatable bonds is 3. The lowest BCUT2D eigenvalue weighted by molar-refractivity contribution is 0.102. The Morgan fingerprint density at radius 1 is 1.08 bits per heavy atom. The summed E-state index contributed by atoms with van der Waals surface area (Å²) in [7, 11) is 0. The fourth-order valence-electron chi connectivity index (χ4n) is 2.56. The zero-order chi connectivity index (χ0) is 17.2. The number of carbonyl (C=O) groups is 1. The zero-order valence-corrected chi connectivity index (χ0v) is 14.6. The van der Waals surface area contributed by atoms with Crippen LogP contribution in [-0.2, 0) is 0 Å². The summed E-state index contributed by atoms with van der Waals surface area (Å²) in [5.74, 6) is 0.483. The largest absolute Gasteiger partial charge is 0.322 e. The van der Waals surface area contributed by atoms with Crippen molar-refractivity contribution in [2.75, 3.05) is 5.32 Å². The molecule has 0 aliphatic rings. The Morgan fingerprint density at radius 3 is 2.80 bits per heavy atom. The van der Waals surface area contributed by atoms with E-state index >= 15 is 0 Å². The van der Waals surface area contributed by atoms with E-state index in [1.54, 1.807) is 18.3 Å². The third-order valence-corrected chi connectivity index (χ3v) is 4.23. The van der Waals surface area contributed by atoms with Crippen LogP contribution in [0.3, 0.4) is 0 Å². The molecular weight excluding hydrogens is 380 g/mol. The predicted molar refractivity (Wildman–Crippen MR) is 101 cm³/mol. The van der Waals surface area contributed by atoms with Gasteiger partial charge in [-0.05, 0) is 36.4 Å². The summed E-state index contributed by atoms with van der Waals surface area (Å²) in [5.41, 5.74) is 3.03. The quantitative estimate of drug-likeness (QED) is 0.561. The summed E-state index contributed by atoms with van der Waals surface area (Å²) in [5, 5.41) is 2.92. The van der Waals surface area contributed by atoms with Crippen LogP contribution in [0, 0.1) is 0 Å². The minimum atomic E-state index is -0.157. The van der Waals surface area contributed by atoms with Crippen LogP contribution in [0.2, 0.25) is 0 Å². The van der Waals surface area contributed by atoms with E-state index in [4.69, 9.17) is 0 Å². The molecule has 5 nitrogen and oxygen atoms in total. The number of nitrogens with zero attached hydrogens (tertiary/aromatic N) is 3. The standard InChI is InChI=1S/C19H13BrN4O/c20-15-6-1-5-14(10-15)18(25)22-16-7-2-4-13(11-16)17-12-24-9-3-8-21-19(24)23-17/h1-12H,(H,22,25). The number of imidazole rings is 1. The number of amides is 1. The Bertz CT molecular complexity index is 1040. The fourth-order valence-corrected chi connectivity index (χ4v) is 2.96. The van der Waals surface area contributed by atoms with Crippen LogP contribution in [-0.4, -0.2) is 20.3 Å². The van der Waals surface area contributed by atoms with Crippen molar-refractivity contribution in [3.63, 3.8) is 0 Å². The summed E-state index contributed by atoms with van der Waals surface area (Å²) in [4.78, 5) is 21.1. The van der Waals surface area contributed by atoms with E-state index in [2.05, 4.69) is 31.2 Å². The van der Waals surface area contributed by atoms with E-state index in [0.29, 0.717) is 17.0 Å². The summed E-state index contributed by atoms with van der Waals surface area (Å²) in [6.07, 6.45) is 5.52. The molecule has 1 N–H and O–H groups in total. The minimum Gasteiger partial charge on any atom is -0.322 e. The topological polar surface area (TPSA) is 59.3 Å². The highest BCUT2D eigenvalue weighted by Gasteiger charge is 2.09. The van der Waals surface area contributed by atoms with Crippen molar-refractivity contribution in [2.24, 2.45) is 0 Å². The van der Waals surface area contributed by atoms with Crippen LogP contribution in [0.15, 0.2) is 77.7 Å². The van der Waals surface area contributed by atoms with Gasteiger partial charge < -0.3 is 5.32 Å². The smallest absolute Gasteiger partial charge is 0.255 e. The molecule has 4 rings (SSSR count). The molecule has 4 aromatic rings. The van der Waals surface area contributed by atoms with Gasteiger partial charge in [-0.3, -0.25) is 9.20 Å². The van der Waals surface area contributed by atoms with Crippen LogP contribution in [0.4, 0.5) is 5.69 Å². The Kier molecular flexibility index (Phi) is 4.03. The predicted octanol–water partition coefficient (Wildman–Crippen LogP) is 4.41. The van der Waals surface area contributed by atoms with Gasteiger partial charge in [0.1, 0.15) is 0 Å². The van der Waals surface area contributed by atoms with Crippen molar-refractivity contribution in [2.45, 2.75) is 0 Å². The summed E-state index contributed by atoms with van der Waals surface area (Å²) >= 11 is 3.38.